The van der Waals surface area contributed by atoms with Crippen molar-refractivity contribution in [1.82, 2.24) is 0 Å². The van der Waals surface area contributed by atoms with E-state index in [0.717, 1.165) is 21.9 Å². The quantitative estimate of drug-likeness (QED) is 0.598. The Bertz CT molecular complexity index is 811. The number of fused-ring (bicyclic) bond motifs is 1. The molecule has 0 aliphatic carbocycles. The van der Waals surface area contributed by atoms with E-state index < -0.39 is 5.82 Å². The maximum Gasteiger partial charge on any atom is 0.152 e. The molecule has 0 spiro atoms. The summed E-state index contributed by atoms with van der Waals surface area (Å²) >= 11 is 6.18. The molecule has 0 N–H and O–H groups in total. The molecule has 3 aromatic carbocycles. The van der Waals surface area contributed by atoms with E-state index in [1.165, 1.54) is 12.1 Å². The van der Waals surface area contributed by atoms with Crippen LogP contribution in [-0.4, -0.2) is 6.29 Å². The highest BCUT2D eigenvalue weighted by atomic mass is 35.5. The molecule has 98 valence electrons. The molecule has 0 fully saturated rings. The van der Waals surface area contributed by atoms with E-state index in [-0.39, 0.29) is 5.56 Å². The average molecular weight is 285 g/mol. The number of carbonyl (C=O) groups is 1. The fourth-order valence-electron chi connectivity index (χ4n) is 2.30. The molecule has 3 heteroatoms. The number of aldehydes is 1. The molecule has 0 aromatic heterocycles. The van der Waals surface area contributed by atoms with Gasteiger partial charge in [0.15, 0.2) is 6.29 Å². The van der Waals surface area contributed by atoms with Gasteiger partial charge in [-0.2, -0.15) is 0 Å². The zero-order valence-corrected chi connectivity index (χ0v) is 11.2. The van der Waals surface area contributed by atoms with E-state index in [4.69, 9.17) is 11.6 Å². The molecule has 20 heavy (non-hydrogen) atoms. The lowest BCUT2D eigenvalue weighted by molar-refractivity contribution is 0.112. The Morgan fingerprint density at radius 3 is 2.40 bits per heavy atom. The molecule has 0 heterocycles. The highest BCUT2D eigenvalue weighted by Crippen LogP contribution is 2.33. The third kappa shape index (κ3) is 2.08. The summed E-state index contributed by atoms with van der Waals surface area (Å²) in [5.74, 6) is -0.517. The summed E-state index contributed by atoms with van der Waals surface area (Å²) in [5.41, 5.74) is 1.68. The minimum Gasteiger partial charge on any atom is -0.298 e. The molecule has 0 atom stereocenters. The van der Waals surface area contributed by atoms with E-state index in [0.29, 0.717) is 11.3 Å². The SMILES string of the molecule is O=Cc1ccc(-c2ccc(Cl)c3ccccc23)cc1F. The Morgan fingerprint density at radius 1 is 0.950 bits per heavy atom. The molecule has 3 aromatic rings. The van der Waals surface area contributed by atoms with Crippen molar-refractivity contribution in [2.45, 2.75) is 0 Å². The molecule has 0 saturated heterocycles. The summed E-state index contributed by atoms with van der Waals surface area (Å²) in [4.78, 5) is 10.7. The molecule has 0 unspecified atom stereocenters. The van der Waals surface area contributed by atoms with E-state index in [1.54, 1.807) is 12.1 Å². The van der Waals surface area contributed by atoms with Crippen LogP contribution in [0.5, 0.6) is 0 Å². The molecular weight excluding hydrogens is 275 g/mol. The zero-order valence-electron chi connectivity index (χ0n) is 10.4. The number of rotatable bonds is 2. The van der Waals surface area contributed by atoms with Gasteiger partial charge in [-0.15, -0.1) is 0 Å². The topological polar surface area (TPSA) is 17.1 Å². The van der Waals surface area contributed by atoms with Crippen molar-refractivity contribution in [2.24, 2.45) is 0 Å². The van der Waals surface area contributed by atoms with Gasteiger partial charge in [-0.1, -0.05) is 48.0 Å². The molecule has 0 bridgehead atoms. The second-order valence-electron chi connectivity index (χ2n) is 4.49. The lowest BCUT2D eigenvalue weighted by atomic mass is 9.97. The molecule has 0 aliphatic heterocycles. The van der Waals surface area contributed by atoms with Gasteiger partial charge in [0.25, 0.3) is 0 Å². The normalized spacial score (nSPS) is 10.7. The van der Waals surface area contributed by atoms with Crippen molar-refractivity contribution in [3.8, 4) is 11.1 Å². The van der Waals surface area contributed by atoms with Gasteiger partial charge in [0.1, 0.15) is 5.82 Å². The van der Waals surface area contributed by atoms with Crippen LogP contribution in [0.3, 0.4) is 0 Å². The number of hydrogen-bond acceptors (Lipinski definition) is 1. The van der Waals surface area contributed by atoms with Crippen molar-refractivity contribution in [3.05, 3.63) is 71.0 Å². The van der Waals surface area contributed by atoms with Crippen molar-refractivity contribution >= 4 is 28.7 Å². The predicted octanol–water partition coefficient (Wildman–Crippen LogP) is 5.11. The third-order valence-corrected chi connectivity index (χ3v) is 3.64. The number of benzene rings is 3. The predicted molar refractivity (Wildman–Crippen MR) is 79.7 cm³/mol. The van der Waals surface area contributed by atoms with Crippen LogP contribution in [-0.2, 0) is 0 Å². The maximum absolute atomic E-state index is 13.8. The Morgan fingerprint density at radius 2 is 1.70 bits per heavy atom. The van der Waals surface area contributed by atoms with Crippen LogP contribution in [0.25, 0.3) is 21.9 Å². The van der Waals surface area contributed by atoms with Gasteiger partial charge in [-0.05, 0) is 34.7 Å². The first kappa shape index (κ1) is 12.8. The Balaban J connectivity index is 2.27. The summed E-state index contributed by atoms with van der Waals surface area (Å²) in [5, 5.41) is 2.54. The smallest absolute Gasteiger partial charge is 0.152 e. The van der Waals surface area contributed by atoms with Crippen molar-refractivity contribution in [2.75, 3.05) is 0 Å². The van der Waals surface area contributed by atoms with E-state index in [2.05, 4.69) is 0 Å². The average Bonchev–Trinajstić information content (AvgIpc) is 2.48. The fourth-order valence-corrected chi connectivity index (χ4v) is 2.53. The minimum absolute atomic E-state index is 0.0621. The molecule has 0 aliphatic rings. The van der Waals surface area contributed by atoms with Crippen molar-refractivity contribution in [3.63, 3.8) is 0 Å². The number of carbonyl (C=O) groups excluding carboxylic acids is 1. The highest BCUT2D eigenvalue weighted by molar-refractivity contribution is 6.36. The van der Waals surface area contributed by atoms with Gasteiger partial charge >= 0.3 is 0 Å². The maximum atomic E-state index is 13.8. The van der Waals surface area contributed by atoms with Gasteiger partial charge in [0.2, 0.25) is 0 Å². The lowest BCUT2D eigenvalue weighted by Gasteiger charge is -2.09. The van der Waals surface area contributed by atoms with E-state index >= 15 is 0 Å². The Kier molecular flexibility index (Phi) is 3.25. The molecule has 0 saturated carbocycles. The van der Waals surface area contributed by atoms with Gasteiger partial charge in [0, 0.05) is 10.4 Å². The van der Waals surface area contributed by atoms with Gasteiger partial charge < -0.3 is 0 Å². The van der Waals surface area contributed by atoms with Crippen molar-refractivity contribution in [1.29, 1.82) is 0 Å². The first-order valence-corrected chi connectivity index (χ1v) is 6.51. The van der Waals surface area contributed by atoms with Crippen molar-refractivity contribution < 1.29 is 9.18 Å². The second kappa shape index (κ2) is 5.06. The highest BCUT2D eigenvalue weighted by Gasteiger charge is 2.09. The summed E-state index contributed by atoms with van der Waals surface area (Å²) < 4.78 is 13.8. The third-order valence-electron chi connectivity index (χ3n) is 3.31. The van der Waals surface area contributed by atoms with Gasteiger partial charge in [0.05, 0.1) is 5.56 Å². The standard InChI is InChI=1S/C17H10ClFO/c18-16-8-7-13(14-3-1-2-4-15(14)16)11-5-6-12(10-20)17(19)9-11/h1-10H. The molecule has 3 rings (SSSR count). The van der Waals surface area contributed by atoms with Gasteiger partial charge in [-0.25, -0.2) is 4.39 Å². The number of hydrogen-bond donors (Lipinski definition) is 0. The first-order chi connectivity index (χ1) is 9.70. The van der Waals surface area contributed by atoms with Crippen LogP contribution in [0.4, 0.5) is 4.39 Å². The van der Waals surface area contributed by atoms with E-state index in [1.807, 2.05) is 30.3 Å². The van der Waals surface area contributed by atoms with Crippen LogP contribution in [0.2, 0.25) is 5.02 Å². The molecular formula is C17H10ClFO. The Hall–Kier alpha value is -2.19. The summed E-state index contributed by atoms with van der Waals surface area (Å²) in [6.07, 6.45) is 0.513. The van der Waals surface area contributed by atoms with Crippen LogP contribution in [0, 0.1) is 5.82 Å². The summed E-state index contributed by atoms with van der Waals surface area (Å²) in [6, 6.07) is 16.0. The van der Waals surface area contributed by atoms with E-state index in [9.17, 15) is 9.18 Å². The molecule has 0 amide bonds. The monoisotopic (exact) mass is 284 g/mol. The molecule has 1 nitrogen and oxygen atoms in total. The number of halogens is 2. The van der Waals surface area contributed by atoms with Gasteiger partial charge in [-0.3, -0.25) is 4.79 Å². The zero-order chi connectivity index (χ0) is 14.1. The van der Waals surface area contributed by atoms with Crippen LogP contribution < -0.4 is 0 Å². The Labute approximate surface area is 120 Å². The minimum atomic E-state index is -0.517. The molecule has 0 radical (unpaired) electrons. The summed E-state index contributed by atoms with van der Waals surface area (Å²) in [7, 11) is 0. The largest absolute Gasteiger partial charge is 0.298 e. The second-order valence-corrected chi connectivity index (χ2v) is 4.90. The van der Waals surface area contributed by atoms with Crippen LogP contribution in [0.1, 0.15) is 10.4 Å². The lowest BCUT2D eigenvalue weighted by Crippen LogP contribution is -1.89. The fraction of sp³-hybridized carbons (Fsp3) is 0. The van der Waals surface area contributed by atoms with Crippen LogP contribution in [0.15, 0.2) is 54.6 Å². The van der Waals surface area contributed by atoms with Crippen LogP contribution >= 0.6 is 11.6 Å². The first-order valence-electron chi connectivity index (χ1n) is 6.13. The summed E-state index contributed by atoms with van der Waals surface area (Å²) in [6.45, 7) is 0.